The molecule has 0 bridgehead atoms. The van der Waals surface area contributed by atoms with Gasteiger partial charge in [-0.1, -0.05) is 13.8 Å². The Morgan fingerprint density at radius 1 is 1.22 bits per heavy atom. The summed E-state index contributed by atoms with van der Waals surface area (Å²) in [5, 5.41) is 8.60. The lowest BCUT2D eigenvalue weighted by molar-refractivity contribution is 0.579. The first kappa shape index (κ1) is 13.2. The van der Waals surface area contributed by atoms with Crippen LogP contribution in [-0.2, 0) is 12.8 Å². The average molecular weight is 249 g/mol. The molecule has 2 unspecified atom stereocenters. The van der Waals surface area contributed by atoms with Crippen molar-refractivity contribution in [3.8, 4) is 0 Å². The van der Waals surface area contributed by atoms with Crippen LogP contribution in [0.2, 0.25) is 0 Å². The van der Waals surface area contributed by atoms with Gasteiger partial charge in [-0.05, 0) is 38.6 Å². The van der Waals surface area contributed by atoms with Crippen LogP contribution in [0.5, 0.6) is 0 Å². The van der Waals surface area contributed by atoms with Crippen molar-refractivity contribution in [3.63, 3.8) is 0 Å². The lowest BCUT2D eigenvalue weighted by Crippen LogP contribution is -2.30. The van der Waals surface area contributed by atoms with Gasteiger partial charge in [-0.2, -0.15) is 5.10 Å². The van der Waals surface area contributed by atoms with Crippen molar-refractivity contribution in [2.45, 2.75) is 46.1 Å². The summed E-state index contributed by atoms with van der Waals surface area (Å²) in [6.07, 6.45) is 2.93. The molecule has 5 nitrogen and oxygen atoms in total. The molecule has 2 atom stereocenters. The van der Waals surface area contributed by atoms with Crippen LogP contribution < -0.4 is 10.6 Å². The molecule has 100 valence electrons. The molecule has 1 aromatic rings. The second-order valence-electron chi connectivity index (χ2n) is 5.05. The standard InChI is InChI=1S/C13H23N5/c1-4-11-12(5-2)16-17-13(15-11)18-8-10(7-14)6-9(18)3/h9-10H,4-8,14H2,1-3H3. The minimum atomic E-state index is 0.456. The Balaban J connectivity index is 2.23. The van der Waals surface area contributed by atoms with Gasteiger partial charge in [0.1, 0.15) is 0 Å². The van der Waals surface area contributed by atoms with Crippen molar-refractivity contribution in [3.05, 3.63) is 11.4 Å². The van der Waals surface area contributed by atoms with Gasteiger partial charge in [0.25, 0.3) is 0 Å². The molecule has 1 aliphatic heterocycles. The van der Waals surface area contributed by atoms with Crippen LogP contribution in [0.25, 0.3) is 0 Å². The summed E-state index contributed by atoms with van der Waals surface area (Å²) in [4.78, 5) is 6.91. The quantitative estimate of drug-likeness (QED) is 0.867. The topological polar surface area (TPSA) is 67.9 Å². The molecular weight excluding hydrogens is 226 g/mol. The van der Waals surface area contributed by atoms with Crippen LogP contribution in [0.15, 0.2) is 0 Å². The van der Waals surface area contributed by atoms with Gasteiger partial charge in [0.2, 0.25) is 5.95 Å². The maximum atomic E-state index is 5.75. The Bertz CT molecular complexity index is 406. The number of rotatable bonds is 4. The highest BCUT2D eigenvalue weighted by Crippen LogP contribution is 2.26. The van der Waals surface area contributed by atoms with Crippen LogP contribution in [-0.4, -0.2) is 34.3 Å². The Labute approximate surface area is 109 Å². The Morgan fingerprint density at radius 3 is 2.50 bits per heavy atom. The summed E-state index contributed by atoms with van der Waals surface area (Å²) >= 11 is 0. The fourth-order valence-electron chi connectivity index (χ4n) is 2.64. The minimum absolute atomic E-state index is 0.456. The maximum absolute atomic E-state index is 5.75. The van der Waals surface area contributed by atoms with Crippen molar-refractivity contribution in [1.29, 1.82) is 0 Å². The Morgan fingerprint density at radius 2 is 1.94 bits per heavy atom. The zero-order valence-electron chi connectivity index (χ0n) is 11.6. The fraction of sp³-hybridized carbons (Fsp3) is 0.769. The molecule has 0 amide bonds. The molecule has 1 saturated heterocycles. The molecule has 1 fully saturated rings. The largest absolute Gasteiger partial charge is 0.336 e. The van der Waals surface area contributed by atoms with Gasteiger partial charge in [-0.3, -0.25) is 0 Å². The number of aryl methyl sites for hydroxylation is 2. The highest BCUT2D eigenvalue weighted by atomic mass is 15.3. The fourth-order valence-corrected chi connectivity index (χ4v) is 2.64. The molecular formula is C13H23N5. The zero-order chi connectivity index (χ0) is 13.1. The van der Waals surface area contributed by atoms with E-state index in [2.05, 4.69) is 40.9 Å². The monoisotopic (exact) mass is 249 g/mol. The van der Waals surface area contributed by atoms with Crippen LogP contribution >= 0.6 is 0 Å². The number of anilines is 1. The van der Waals surface area contributed by atoms with Crippen molar-refractivity contribution in [2.24, 2.45) is 11.7 Å². The van der Waals surface area contributed by atoms with E-state index >= 15 is 0 Å². The van der Waals surface area contributed by atoms with Crippen molar-refractivity contribution in [1.82, 2.24) is 15.2 Å². The molecule has 0 aliphatic carbocycles. The zero-order valence-corrected chi connectivity index (χ0v) is 11.6. The van der Waals surface area contributed by atoms with Crippen molar-refractivity contribution >= 4 is 5.95 Å². The second kappa shape index (κ2) is 5.61. The minimum Gasteiger partial charge on any atom is -0.336 e. The molecule has 0 radical (unpaired) electrons. The summed E-state index contributed by atoms with van der Waals surface area (Å²) in [5.41, 5.74) is 7.85. The first-order chi connectivity index (χ1) is 8.69. The average Bonchev–Trinajstić information content (AvgIpc) is 2.79. The summed E-state index contributed by atoms with van der Waals surface area (Å²) in [6.45, 7) is 8.10. The first-order valence-corrected chi connectivity index (χ1v) is 6.88. The van der Waals surface area contributed by atoms with Gasteiger partial charge in [0.15, 0.2) is 0 Å². The highest BCUT2D eigenvalue weighted by molar-refractivity contribution is 5.34. The molecule has 0 spiro atoms. The smallest absolute Gasteiger partial charge is 0.245 e. The third-order valence-corrected chi connectivity index (χ3v) is 3.75. The van der Waals surface area contributed by atoms with Crippen LogP contribution in [0.4, 0.5) is 5.95 Å². The van der Waals surface area contributed by atoms with E-state index in [0.717, 1.165) is 49.7 Å². The molecule has 2 heterocycles. The van der Waals surface area contributed by atoms with Gasteiger partial charge in [0, 0.05) is 12.6 Å². The van der Waals surface area contributed by atoms with E-state index < -0.39 is 0 Å². The van der Waals surface area contributed by atoms with Gasteiger partial charge in [0.05, 0.1) is 11.4 Å². The van der Waals surface area contributed by atoms with E-state index in [9.17, 15) is 0 Å². The van der Waals surface area contributed by atoms with Crippen LogP contribution in [0, 0.1) is 5.92 Å². The molecule has 0 saturated carbocycles. The predicted octanol–water partition coefficient (Wildman–Crippen LogP) is 1.17. The molecule has 1 aliphatic rings. The highest BCUT2D eigenvalue weighted by Gasteiger charge is 2.30. The normalized spacial score (nSPS) is 23.7. The number of nitrogens with two attached hydrogens (primary N) is 1. The summed E-state index contributed by atoms with van der Waals surface area (Å²) in [6, 6.07) is 0.456. The summed E-state index contributed by atoms with van der Waals surface area (Å²) < 4.78 is 0. The number of aromatic nitrogens is 3. The third-order valence-electron chi connectivity index (χ3n) is 3.75. The van der Waals surface area contributed by atoms with Gasteiger partial charge >= 0.3 is 0 Å². The van der Waals surface area contributed by atoms with Crippen molar-refractivity contribution < 1.29 is 0 Å². The Hall–Kier alpha value is -1.23. The molecule has 2 rings (SSSR count). The maximum Gasteiger partial charge on any atom is 0.245 e. The lowest BCUT2D eigenvalue weighted by Gasteiger charge is -2.21. The van der Waals surface area contributed by atoms with E-state index in [0.29, 0.717) is 12.0 Å². The lowest BCUT2D eigenvalue weighted by atomic mass is 10.1. The van der Waals surface area contributed by atoms with E-state index in [1.54, 1.807) is 0 Å². The van der Waals surface area contributed by atoms with Gasteiger partial charge in [-0.25, -0.2) is 4.98 Å². The summed E-state index contributed by atoms with van der Waals surface area (Å²) in [7, 11) is 0. The molecule has 18 heavy (non-hydrogen) atoms. The first-order valence-electron chi connectivity index (χ1n) is 6.88. The molecule has 5 heteroatoms. The van der Waals surface area contributed by atoms with Gasteiger partial charge in [-0.15, -0.1) is 5.10 Å². The number of nitrogens with zero attached hydrogens (tertiary/aromatic N) is 4. The van der Waals surface area contributed by atoms with E-state index in [-0.39, 0.29) is 0 Å². The second-order valence-corrected chi connectivity index (χ2v) is 5.05. The van der Waals surface area contributed by atoms with E-state index in [1.165, 1.54) is 0 Å². The Kier molecular flexibility index (Phi) is 4.11. The molecule has 2 N–H and O–H groups in total. The SMILES string of the molecule is CCc1nnc(N2CC(CN)CC2C)nc1CC. The molecule has 0 aromatic carbocycles. The predicted molar refractivity (Wildman–Crippen MR) is 72.6 cm³/mol. The van der Waals surface area contributed by atoms with E-state index in [4.69, 9.17) is 5.73 Å². The molecule has 1 aromatic heterocycles. The number of hydrogen-bond acceptors (Lipinski definition) is 5. The van der Waals surface area contributed by atoms with Crippen LogP contribution in [0.3, 0.4) is 0 Å². The van der Waals surface area contributed by atoms with Crippen molar-refractivity contribution in [2.75, 3.05) is 18.0 Å². The van der Waals surface area contributed by atoms with Crippen LogP contribution in [0.1, 0.15) is 38.6 Å². The van der Waals surface area contributed by atoms with Gasteiger partial charge < -0.3 is 10.6 Å². The summed E-state index contributed by atoms with van der Waals surface area (Å²) in [5.74, 6) is 1.33. The third kappa shape index (κ3) is 2.46. The number of hydrogen-bond donors (Lipinski definition) is 1. The van der Waals surface area contributed by atoms with E-state index in [1.807, 2.05) is 0 Å².